The van der Waals surface area contributed by atoms with Crippen molar-refractivity contribution in [3.8, 4) is 0 Å². The topological polar surface area (TPSA) is 43.8 Å². The van der Waals surface area contributed by atoms with Crippen molar-refractivity contribution in [3.63, 3.8) is 0 Å². The molecule has 0 bridgehead atoms. The molecule has 0 saturated carbocycles. The number of carboxylic acids is 1. The molecule has 4 heteroatoms. The van der Waals surface area contributed by atoms with E-state index in [1.165, 1.54) is 37.2 Å². The highest BCUT2D eigenvalue weighted by Crippen LogP contribution is 2.27. The van der Waals surface area contributed by atoms with E-state index in [0.29, 0.717) is 12.5 Å². The number of para-hydroxylation sites is 1. The molecule has 1 aliphatic rings. The first-order valence-corrected chi connectivity index (χ1v) is 8.36. The molecule has 0 unspecified atom stereocenters. The molecule has 1 aromatic rings. The molecule has 0 atom stereocenters. The minimum absolute atomic E-state index is 0.187. The molecule has 1 heterocycles. The van der Waals surface area contributed by atoms with Gasteiger partial charge in [0.25, 0.3) is 0 Å². The molecule has 22 heavy (non-hydrogen) atoms. The monoisotopic (exact) mass is 304 g/mol. The summed E-state index contributed by atoms with van der Waals surface area (Å²) in [5.41, 5.74) is 2.49. The second-order valence-corrected chi connectivity index (χ2v) is 6.39. The third kappa shape index (κ3) is 4.73. The fourth-order valence-electron chi connectivity index (χ4n) is 3.12. The predicted molar refractivity (Wildman–Crippen MR) is 90.7 cm³/mol. The molecule has 4 nitrogen and oxygen atoms in total. The Morgan fingerprint density at radius 3 is 2.55 bits per heavy atom. The van der Waals surface area contributed by atoms with Crippen LogP contribution in [0.5, 0.6) is 0 Å². The zero-order chi connectivity index (χ0) is 15.9. The maximum atomic E-state index is 11.0. The fraction of sp³-hybridized carbons (Fsp3) is 0.611. The summed E-state index contributed by atoms with van der Waals surface area (Å²) in [6.45, 7) is 9.23. The van der Waals surface area contributed by atoms with Crippen molar-refractivity contribution in [2.75, 3.05) is 37.6 Å². The van der Waals surface area contributed by atoms with Gasteiger partial charge < -0.3 is 14.9 Å². The summed E-state index contributed by atoms with van der Waals surface area (Å²) in [6, 6.07) is 8.39. The van der Waals surface area contributed by atoms with E-state index < -0.39 is 5.97 Å². The van der Waals surface area contributed by atoms with Gasteiger partial charge in [-0.15, -0.1) is 0 Å². The average Bonchev–Trinajstić information content (AvgIpc) is 3.00. The van der Waals surface area contributed by atoms with Crippen molar-refractivity contribution >= 4 is 11.7 Å². The van der Waals surface area contributed by atoms with Crippen molar-refractivity contribution in [1.82, 2.24) is 4.90 Å². The summed E-state index contributed by atoms with van der Waals surface area (Å²) in [4.78, 5) is 15.7. The van der Waals surface area contributed by atoms with Crippen LogP contribution in [0.1, 0.15) is 44.6 Å². The maximum Gasteiger partial charge on any atom is 0.305 e. The smallest absolute Gasteiger partial charge is 0.305 e. The quantitative estimate of drug-likeness (QED) is 0.801. The van der Waals surface area contributed by atoms with Gasteiger partial charge in [0.1, 0.15) is 0 Å². The molecule has 2 rings (SSSR count). The maximum absolute atomic E-state index is 11.0. The summed E-state index contributed by atoms with van der Waals surface area (Å²) in [7, 11) is 0. The highest BCUT2D eigenvalue weighted by Gasteiger charge is 2.17. The number of hydrogen-bond donors (Lipinski definition) is 1. The van der Waals surface area contributed by atoms with Crippen molar-refractivity contribution < 1.29 is 9.90 Å². The zero-order valence-corrected chi connectivity index (χ0v) is 13.8. The lowest BCUT2D eigenvalue weighted by atomic mass is 10.0. The van der Waals surface area contributed by atoms with Crippen molar-refractivity contribution in [2.45, 2.75) is 39.0 Å². The van der Waals surface area contributed by atoms with Crippen LogP contribution in [0.4, 0.5) is 5.69 Å². The molecule has 0 radical (unpaired) electrons. The summed E-state index contributed by atoms with van der Waals surface area (Å²) in [5.74, 6) is -0.288. The van der Waals surface area contributed by atoms with E-state index in [1.54, 1.807) is 0 Å². The molecule has 0 amide bonds. The van der Waals surface area contributed by atoms with E-state index in [-0.39, 0.29) is 6.42 Å². The van der Waals surface area contributed by atoms with Crippen LogP contribution >= 0.6 is 0 Å². The number of rotatable bonds is 8. The van der Waals surface area contributed by atoms with Gasteiger partial charge in [0.15, 0.2) is 0 Å². The molecule has 1 fully saturated rings. The molecule has 1 aromatic carbocycles. The van der Waals surface area contributed by atoms with Crippen molar-refractivity contribution in [1.29, 1.82) is 0 Å². The number of aliphatic carboxylic acids is 1. The SMILES string of the molecule is CC(C)c1ccccc1N(CCC(=O)O)CCN1CCCC1. The second-order valence-electron chi connectivity index (χ2n) is 6.39. The summed E-state index contributed by atoms with van der Waals surface area (Å²) in [5, 5.41) is 9.03. The highest BCUT2D eigenvalue weighted by atomic mass is 16.4. The molecule has 0 aliphatic carbocycles. The lowest BCUT2D eigenvalue weighted by molar-refractivity contribution is -0.136. The molecule has 1 N–H and O–H groups in total. The average molecular weight is 304 g/mol. The van der Waals surface area contributed by atoms with Gasteiger partial charge in [-0.05, 0) is 43.5 Å². The van der Waals surface area contributed by atoms with Crippen LogP contribution in [0, 0.1) is 0 Å². The van der Waals surface area contributed by atoms with E-state index in [1.807, 2.05) is 6.07 Å². The van der Waals surface area contributed by atoms with Crippen molar-refractivity contribution in [2.24, 2.45) is 0 Å². The van der Waals surface area contributed by atoms with Crippen LogP contribution < -0.4 is 4.90 Å². The molecular weight excluding hydrogens is 276 g/mol. The number of hydrogen-bond acceptors (Lipinski definition) is 3. The second kappa shape index (κ2) is 8.18. The van der Waals surface area contributed by atoms with Gasteiger partial charge in [0.2, 0.25) is 0 Å². The number of anilines is 1. The lowest BCUT2D eigenvalue weighted by Crippen LogP contribution is -2.35. The molecule has 1 saturated heterocycles. The molecule has 1 aliphatic heterocycles. The minimum Gasteiger partial charge on any atom is -0.481 e. The van der Waals surface area contributed by atoms with Gasteiger partial charge in [0.05, 0.1) is 6.42 Å². The number of carbonyl (C=O) groups is 1. The van der Waals surface area contributed by atoms with E-state index in [2.05, 4.69) is 41.8 Å². The minimum atomic E-state index is -0.729. The van der Waals surface area contributed by atoms with Gasteiger partial charge in [-0.1, -0.05) is 32.0 Å². The van der Waals surface area contributed by atoms with Crippen LogP contribution in [0.25, 0.3) is 0 Å². The zero-order valence-electron chi connectivity index (χ0n) is 13.8. The van der Waals surface area contributed by atoms with Crippen molar-refractivity contribution in [3.05, 3.63) is 29.8 Å². The molecular formula is C18H28N2O2. The molecule has 0 spiro atoms. The van der Waals surface area contributed by atoms with Gasteiger partial charge in [-0.2, -0.15) is 0 Å². The van der Waals surface area contributed by atoms with Crippen LogP contribution in [-0.4, -0.2) is 48.7 Å². The standard InChI is InChI=1S/C18H28N2O2/c1-15(2)16-7-3-4-8-17(16)20(12-9-18(21)22)14-13-19-10-5-6-11-19/h3-4,7-8,15H,5-6,9-14H2,1-2H3,(H,21,22). The Labute approximate surface area is 133 Å². The summed E-state index contributed by atoms with van der Waals surface area (Å²) in [6.07, 6.45) is 2.77. The Balaban J connectivity index is 2.10. The van der Waals surface area contributed by atoms with Crippen LogP contribution in [0.2, 0.25) is 0 Å². The van der Waals surface area contributed by atoms with Gasteiger partial charge >= 0.3 is 5.97 Å². The number of likely N-dealkylation sites (tertiary alicyclic amines) is 1. The van der Waals surface area contributed by atoms with Crippen LogP contribution in [-0.2, 0) is 4.79 Å². The van der Waals surface area contributed by atoms with Gasteiger partial charge in [-0.3, -0.25) is 4.79 Å². The van der Waals surface area contributed by atoms with Gasteiger partial charge in [-0.25, -0.2) is 0 Å². The molecule has 0 aromatic heterocycles. The Bertz CT molecular complexity index is 482. The van der Waals surface area contributed by atoms with Crippen LogP contribution in [0.3, 0.4) is 0 Å². The van der Waals surface area contributed by atoms with Gasteiger partial charge in [0, 0.05) is 25.3 Å². The lowest BCUT2D eigenvalue weighted by Gasteiger charge is -2.29. The summed E-state index contributed by atoms with van der Waals surface area (Å²) >= 11 is 0. The van der Waals surface area contributed by atoms with E-state index in [0.717, 1.165) is 13.1 Å². The van der Waals surface area contributed by atoms with E-state index >= 15 is 0 Å². The number of carboxylic acid groups (broad SMARTS) is 1. The highest BCUT2D eigenvalue weighted by molar-refractivity contribution is 5.68. The Hall–Kier alpha value is -1.55. The first kappa shape index (κ1) is 16.8. The Kier molecular flexibility index (Phi) is 6.25. The predicted octanol–water partition coefficient (Wildman–Crippen LogP) is 3.19. The normalized spacial score (nSPS) is 15.4. The molecule has 122 valence electrons. The number of nitrogens with zero attached hydrogens (tertiary/aromatic N) is 2. The van der Waals surface area contributed by atoms with Crippen LogP contribution in [0.15, 0.2) is 24.3 Å². The third-order valence-corrected chi connectivity index (χ3v) is 4.38. The largest absolute Gasteiger partial charge is 0.481 e. The van der Waals surface area contributed by atoms with E-state index in [9.17, 15) is 4.79 Å². The summed E-state index contributed by atoms with van der Waals surface area (Å²) < 4.78 is 0. The van der Waals surface area contributed by atoms with E-state index in [4.69, 9.17) is 5.11 Å². The third-order valence-electron chi connectivity index (χ3n) is 4.38. The number of benzene rings is 1. The Morgan fingerprint density at radius 2 is 1.91 bits per heavy atom. The first-order valence-electron chi connectivity index (χ1n) is 8.36. The Morgan fingerprint density at radius 1 is 1.23 bits per heavy atom. The first-order chi connectivity index (χ1) is 10.6. The fourth-order valence-corrected chi connectivity index (χ4v) is 3.12.